The second kappa shape index (κ2) is 6.91. The highest BCUT2D eigenvalue weighted by atomic mass is 35.5. The number of benzene rings is 2. The van der Waals surface area contributed by atoms with Gasteiger partial charge in [0.25, 0.3) is 0 Å². The van der Waals surface area contributed by atoms with Crippen molar-refractivity contribution in [1.29, 1.82) is 0 Å². The van der Waals surface area contributed by atoms with Gasteiger partial charge in [0, 0.05) is 10.4 Å². The first kappa shape index (κ1) is 17.9. The van der Waals surface area contributed by atoms with E-state index < -0.39 is 0 Å². The summed E-state index contributed by atoms with van der Waals surface area (Å²) in [5.41, 5.74) is 5.09. The van der Waals surface area contributed by atoms with E-state index in [4.69, 9.17) is 16.3 Å². The Kier molecular flexibility index (Phi) is 4.58. The van der Waals surface area contributed by atoms with Crippen LogP contribution >= 0.6 is 22.9 Å². The third-order valence-corrected chi connectivity index (χ3v) is 5.97. The van der Waals surface area contributed by atoms with Gasteiger partial charge in [-0.15, -0.1) is 11.3 Å². The number of aryl methyl sites for hydroxylation is 2. The van der Waals surface area contributed by atoms with Crippen LogP contribution in [0.25, 0.3) is 31.8 Å². The lowest BCUT2D eigenvalue weighted by atomic mass is 9.92. The Morgan fingerprint density at radius 2 is 1.67 bits per heavy atom. The Hall–Kier alpha value is -2.50. The van der Waals surface area contributed by atoms with Crippen molar-refractivity contribution in [2.75, 3.05) is 7.11 Å². The fourth-order valence-electron chi connectivity index (χ4n) is 3.38. The lowest BCUT2D eigenvalue weighted by molar-refractivity contribution is 0.414. The molecule has 27 heavy (non-hydrogen) atoms. The van der Waals surface area contributed by atoms with Gasteiger partial charge >= 0.3 is 0 Å². The molecule has 0 fully saturated rings. The van der Waals surface area contributed by atoms with Gasteiger partial charge < -0.3 is 4.74 Å². The number of fused-ring (bicyclic) bond motifs is 1. The molecule has 0 aliphatic heterocycles. The minimum Gasteiger partial charge on any atom is -0.497 e. The summed E-state index contributed by atoms with van der Waals surface area (Å²) in [5.74, 6) is 0.537. The van der Waals surface area contributed by atoms with E-state index in [0.29, 0.717) is 5.15 Å². The highest BCUT2D eigenvalue weighted by Crippen LogP contribution is 2.48. The first-order chi connectivity index (χ1) is 13.0. The van der Waals surface area contributed by atoms with E-state index in [1.807, 2.05) is 26.0 Å². The van der Waals surface area contributed by atoms with Gasteiger partial charge in [0.15, 0.2) is 0 Å². The van der Waals surface area contributed by atoms with E-state index in [9.17, 15) is 4.39 Å². The number of nitrogens with zero attached hydrogens (tertiary/aromatic N) is 2. The number of aromatic nitrogens is 2. The Morgan fingerprint density at radius 1 is 1.00 bits per heavy atom. The summed E-state index contributed by atoms with van der Waals surface area (Å²) in [6.45, 7) is 4.08. The second-order valence-corrected chi connectivity index (χ2v) is 7.65. The first-order valence-electron chi connectivity index (χ1n) is 8.34. The molecule has 136 valence electrons. The molecule has 0 unspecified atom stereocenters. The van der Waals surface area contributed by atoms with Crippen LogP contribution in [0, 0.1) is 19.7 Å². The van der Waals surface area contributed by atoms with Crippen LogP contribution < -0.4 is 4.74 Å². The van der Waals surface area contributed by atoms with Crippen LogP contribution in [0.3, 0.4) is 0 Å². The molecule has 0 aliphatic rings. The average Bonchev–Trinajstić information content (AvgIpc) is 3.02. The van der Waals surface area contributed by atoms with Gasteiger partial charge in [-0.2, -0.15) is 0 Å². The molecule has 0 bridgehead atoms. The molecule has 3 nitrogen and oxygen atoms in total. The highest BCUT2D eigenvalue weighted by Gasteiger charge is 2.22. The number of hydrogen-bond donors (Lipinski definition) is 0. The molecule has 2 aromatic heterocycles. The first-order valence-corrected chi connectivity index (χ1v) is 9.53. The number of methoxy groups -OCH3 is 1. The second-order valence-electron chi connectivity index (χ2n) is 6.29. The van der Waals surface area contributed by atoms with E-state index in [0.717, 1.165) is 48.7 Å². The van der Waals surface area contributed by atoms with Crippen molar-refractivity contribution < 1.29 is 9.13 Å². The molecular weight excluding hydrogens is 383 g/mol. The fourth-order valence-corrected chi connectivity index (χ4v) is 4.81. The van der Waals surface area contributed by atoms with Gasteiger partial charge in [-0.25, -0.2) is 14.4 Å². The summed E-state index contributed by atoms with van der Waals surface area (Å²) in [7, 11) is 1.66. The van der Waals surface area contributed by atoms with Gasteiger partial charge in [0.05, 0.1) is 12.5 Å². The Morgan fingerprint density at radius 3 is 2.30 bits per heavy atom. The van der Waals surface area contributed by atoms with E-state index >= 15 is 0 Å². The van der Waals surface area contributed by atoms with Crippen LogP contribution in [0.2, 0.25) is 5.15 Å². The number of thiophene rings is 1. The predicted octanol–water partition coefficient (Wildman–Crippen LogP) is 6.44. The quantitative estimate of drug-likeness (QED) is 0.372. The SMILES string of the molecule is COc1cc(C)c(-c2c(-c3ccc(F)cc3)sc3ncnc(Cl)c23)c(C)c1. The monoisotopic (exact) mass is 398 g/mol. The molecule has 6 heteroatoms. The summed E-state index contributed by atoms with van der Waals surface area (Å²) >= 11 is 8.00. The number of hydrogen-bond acceptors (Lipinski definition) is 4. The molecule has 0 N–H and O–H groups in total. The number of ether oxygens (including phenoxy) is 1. The molecule has 0 aliphatic carbocycles. The normalized spacial score (nSPS) is 11.1. The molecule has 2 aromatic carbocycles. The van der Waals surface area contributed by atoms with Crippen molar-refractivity contribution in [3.63, 3.8) is 0 Å². The van der Waals surface area contributed by atoms with Crippen molar-refractivity contribution in [3.05, 3.63) is 64.8 Å². The standard InChI is InChI=1S/C21H16ClFN2OS/c1-11-8-15(26-3)9-12(2)16(11)17-18-20(22)24-10-25-21(18)27-19(17)13-4-6-14(23)7-5-13/h4-10H,1-3H3. The lowest BCUT2D eigenvalue weighted by Crippen LogP contribution is -1.93. The maximum absolute atomic E-state index is 13.5. The largest absolute Gasteiger partial charge is 0.497 e. The summed E-state index contributed by atoms with van der Waals surface area (Å²) < 4.78 is 18.8. The third-order valence-electron chi connectivity index (χ3n) is 4.54. The van der Waals surface area contributed by atoms with Gasteiger partial charge in [-0.3, -0.25) is 0 Å². The molecule has 4 aromatic rings. The van der Waals surface area contributed by atoms with Crippen LogP contribution in [0.15, 0.2) is 42.7 Å². The molecule has 0 atom stereocenters. The van der Waals surface area contributed by atoms with E-state index in [-0.39, 0.29) is 5.82 Å². The third kappa shape index (κ3) is 3.07. The van der Waals surface area contributed by atoms with Crippen molar-refractivity contribution in [3.8, 4) is 27.3 Å². The van der Waals surface area contributed by atoms with Crippen LogP contribution in [-0.2, 0) is 0 Å². The molecule has 0 amide bonds. The van der Waals surface area contributed by atoms with Gasteiger partial charge in [0.2, 0.25) is 0 Å². The zero-order chi connectivity index (χ0) is 19.1. The van der Waals surface area contributed by atoms with Gasteiger partial charge in [0.1, 0.15) is 27.9 Å². The smallest absolute Gasteiger partial charge is 0.141 e. The Balaban J connectivity index is 2.10. The minimum absolute atomic E-state index is 0.268. The van der Waals surface area contributed by atoms with Crippen LogP contribution in [-0.4, -0.2) is 17.1 Å². The predicted molar refractivity (Wildman–Crippen MR) is 109 cm³/mol. The zero-order valence-electron chi connectivity index (χ0n) is 15.0. The molecule has 0 radical (unpaired) electrons. The van der Waals surface area contributed by atoms with Crippen molar-refractivity contribution in [2.24, 2.45) is 0 Å². The maximum Gasteiger partial charge on any atom is 0.141 e. The van der Waals surface area contributed by atoms with Crippen LogP contribution in [0.1, 0.15) is 11.1 Å². The fraction of sp³-hybridized carbons (Fsp3) is 0.143. The van der Waals surface area contributed by atoms with Gasteiger partial charge in [-0.1, -0.05) is 23.7 Å². The Labute approximate surface area is 165 Å². The lowest BCUT2D eigenvalue weighted by Gasteiger charge is -2.14. The number of halogens is 2. The van der Waals surface area contributed by atoms with E-state index in [2.05, 4.69) is 9.97 Å². The molecule has 2 heterocycles. The van der Waals surface area contributed by atoms with Crippen LogP contribution in [0.4, 0.5) is 4.39 Å². The van der Waals surface area contributed by atoms with E-state index in [1.165, 1.54) is 29.8 Å². The van der Waals surface area contributed by atoms with Crippen molar-refractivity contribution in [2.45, 2.75) is 13.8 Å². The van der Waals surface area contributed by atoms with Gasteiger partial charge in [-0.05, 0) is 60.4 Å². The Bertz CT molecular complexity index is 1130. The van der Waals surface area contributed by atoms with Crippen LogP contribution in [0.5, 0.6) is 5.75 Å². The molecule has 4 rings (SSSR count). The zero-order valence-corrected chi connectivity index (χ0v) is 16.6. The summed E-state index contributed by atoms with van der Waals surface area (Å²) in [6.07, 6.45) is 1.47. The highest BCUT2D eigenvalue weighted by molar-refractivity contribution is 7.22. The molecular formula is C21H16ClFN2OS. The maximum atomic E-state index is 13.5. The molecule has 0 saturated heterocycles. The van der Waals surface area contributed by atoms with Crippen molar-refractivity contribution >= 4 is 33.2 Å². The van der Waals surface area contributed by atoms with E-state index in [1.54, 1.807) is 19.2 Å². The molecule has 0 spiro atoms. The molecule has 0 saturated carbocycles. The van der Waals surface area contributed by atoms with Crippen molar-refractivity contribution in [1.82, 2.24) is 9.97 Å². The number of rotatable bonds is 3. The summed E-state index contributed by atoms with van der Waals surface area (Å²) in [4.78, 5) is 10.4. The summed E-state index contributed by atoms with van der Waals surface area (Å²) in [5, 5.41) is 1.23. The average molecular weight is 399 g/mol. The topological polar surface area (TPSA) is 35.0 Å². The summed E-state index contributed by atoms with van der Waals surface area (Å²) in [6, 6.07) is 10.5. The minimum atomic E-state index is -0.268.